The van der Waals surface area contributed by atoms with E-state index >= 15 is 0 Å². The number of allylic oxidation sites excluding steroid dienone is 1. The number of fused-ring (bicyclic) bond motifs is 1. The fourth-order valence-electron chi connectivity index (χ4n) is 2.12. The van der Waals surface area contributed by atoms with Crippen molar-refractivity contribution in [3.63, 3.8) is 0 Å². The smallest absolute Gasteiger partial charge is 0.330 e. The first-order valence-electron chi connectivity index (χ1n) is 6.83. The first kappa shape index (κ1) is 15.0. The van der Waals surface area contributed by atoms with Gasteiger partial charge in [-0.05, 0) is 25.0 Å². The van der Waals surface area contributed by atoms with E-state index in [-0.39, 0.29) is 5.78 Å². The molecule has 1 aromatic carbocycles. The second-order valence-corrected chi connectivity index (χ2v) is 4.94. The van der Waals surface area contributed by atoms with Crippen molar-refractivity contribution < 1.29 is 18.7 Å². The average Bonchev–Trinajstić information content (AvgIpc) is 2.85. The van der Waals surface area contributed by atoms with Crippen LogP contribution < -0.4 is 0 Å². The summed E-state index contributed by atoms with van der Waals surface area (Å²) in [5.74, 6) is -0.286. The predicted molar refractivity (Wildman–Crippen MR) is 80.1 cm³/mol. The summed E-state index contributed by atoms with van der Waals surface area (Å²) in [6, 6.07) is 5.95. The van der Waals surface area contributed by atoms with E-state index in [2.05, 4.69) is 4.74 Å². The minimum Gasteiger partial charge on any atom is -0.466 e. The van der Waals surface area contributed by atoms with Crippen LogP contribution >= 0.6 is 0 Å². The van der Waals surface area contributed by atoms with Gasteiger partial charge in [-0.3, -0.25) is 4.79 Å². The maximum absolute atomic E-state index is 11.9. The van der Waals surface area contributed by atoms with Gasteiger partial charge in [0.2, 0.25) is 0 Å². The van der Waals surface area contributed by atoms with Crippen LogP contribution in [0.5, 0.6) is 0 Å². The lowest BCUT2D eigenvalue weighted by Gasteiger charge is -1.98. The second kappa shape index (κ2) is 6.88. The van der Waals surface area contributed by atoms with Gasteiger partial charge in [-0.15, -0.1) is 0 Å². The highest BCUT2D eigenvalue weighted by Crippen LogP contribution is 2.23. The summed E-state index contributed by atoms with van der Waals surface area (Å²) < 4.78 is 9.95. The number of rotatable bonds is 6. The molecule has 0 N–H and O–H groups in total. The van der Waals surface area contributed by atoms with Gasteiger partial charge < -0.3 is 9.15 Å². The van der Waals surface area contributed by atoms with E-state index in [1.54, 1.807) is 12.3 Å². The van der Waals surface area contributed by atoms with Crippen LogP contribution in [0.1, 0.15) is 24.0 Å². The fraction of sp³-hybridized carbons (Fsp3) is 0.294. The van der Waals surface area contributed by atoms with E-state index in [9.17, 15) is 9.59 Å². The second-order valence-electron chi connectivity index (χ2n) is 4.94. The zero-order chi connectivity index (χ0) is 15.2. The lowest BCUT2D eigenvalue weighted by Crippen LogP contribution is -2.01. The molecule has 21 heavy (non-hydrogen) atoms. The van der Waals surface area contributed by atoms with Crippen molar-refractivity contribution in [3.05, 3.63) is 47.7 Å². The van der Waals surface area contributed by atoms with E-state index in [4.69, 9.17) is 4.42 Å². The number of hydrogen-bond donors (Lipinski definition) is 0. The van der Waals surface area contributed by atoms with Gasteiger partial charge in [0.05, 0.1) is 13.4 Å². The van der Waals surface area contributed by atoms with Crippen LogP contribution in [0.2, 0.25) is 0 Å². The Morgan fingerprint density at radius 2 is 2.14 bits per heavy atom. The summed E-state index contributed by atoms with van der Waals surface area (Å²) in [7, 11) is 1.32. The number of carbonyl (C=O) groups excluding carboxylic acids is 2. The largest absolute Gasteiger partial charge is 0.466 e. The van der Waals surface area contributed by atoms with Gasteiger partial charge >= 0.3 is 5.97 Å². The molecule has 0 amide bonds. The Labute approximate surface area is 123 Å². The molecule has 0 unspecified atom stereocenters. The number of aryl methyl sites for hydroxylation is 1. The Morgan fingerprint density at radius 3 is 2.90 bits per heavy atom. The molecule has 0 bridgehead atoms. The predicted octanol–water partition coefficient (Wildman–Crippen LogP) is 3.36. The lowest BCUT2D eigenvalue weighted by molar-refractivity contribution is -0.134. The number of esters is 1. The van der Waals surface area contributed by atoms with Crippen LogP contribution in [0, 0.1) is 6.92 Å². The van der Waals surface area contributed by atoms with Gasteiger partial charge in [0, 0.05) is 29.9 Å². The molecule has 0 saturated heterocycles. The molecule has 2 aromatic rings. The third kappa shape index (κ3) is 4.05. The zero-order valence-electron chi connectivity index (χ0n) is 12.2. The van der Waals surface area contributed by atoms with Crippen LogP contribution in [0.3, 0.4) is 0 Å². The van der Waals surface area contributed by atoms with E-state index in [1.807, 2.05) is 25.1 Å². The summed E-state index contributed by atoms with van der Waals surface area (Å²) in [5, 5.41) is 0.985. The fourth-order valence-corrected chi connectivity index (χ4v) is 2.12. The summed E-state index contributed by atoms with van der Waals surface area (Å²) in [5.41, 5.74) is 2.85. The third-order valence-electron chi connectivity index (χ3n) is 3.24. The molecular formula is C17H18O4. The average molecular weight is 286 g/mol. The van der Waals surface area contributed by atoms with Crippen LogP contribution in [0.4, 0.5) is 0 Å². The van der Waals surface area contributed by atoms with Crippen molar-refractivity contribution in [1.82, 2.24) is 0 Å². The Bertz CT molecular complexity index is 679. The topological polar surface area (TPSA) is 56.5 Å². The molecule has 1 heterocycles. The third-order valence-corrected chi connectivity index (χ3v) is 3.24. The summed E-state index contributed by atoms with van der Waals surface area (Å²) in [4.78, 5) is 22.8. The van der Waals surface area contributed by atoms with Gasteiger partial charge in [-0.1, -0.05) is 18.2 Å². The molecule has 1 aromatic heterocycles. The van der Waals surface area contributed by atoms with Crippen molar-refractivity contribution in [1.29, 1.82) is 0 Å². The van der Waals surface area contributed by atoms with E-state index in [0.29, 0.717) is 19.3 Å². The van der Waals surface area contributed by atoms with Gasteiger partial charge in [-0.25, -0.2) is 4.79 Å². The zero-order valence-corrected chi connectivity index (χ0v) is 12.2. The van der Waals surface area contributed by atoms with Gasteiger partial charge in [-0.2, -0.15) is 0 Å². The minimum absolute atomic E-state index is 0.118. The number of furan rings is 1. The number of Topliss-reactive ketones (excluding diaryl/α,β-unsaturated/α-hetero) is 1. The van der Waals surface area contributed by atoms with Gasteiger partial charge in [0.25, 0.3) is 0 Å². The number of ketones is 1. The first-order valence-corrected chi connectivity index (χ1v) is 6.83. The molecule has 4 nitrogen and oxygen atoms in total. The molecular weight excluding hydrogens is 268 g/mol. The van der Waals surface area contributed by atoms with E-state index in [1.165, 1.54) is 13.2 Å². The molecule has 0 atom stereocenters. The van der Waals surface area contributed by atoms with E-state index in [0.717, 1.165) is 22.1 Å². The van der Waals surface area contributed by atoms with Crippen molar-refractivity contribution in [2.75, 3.05) is 7.11 Å². The Kier molecular flexibility index (Phi) is 4.93. The number of ether oxygens (including phenoxy) is 1. The first-order chi connectivity index (χ1) is 10.1. The molecule has 0 saturated carbocycles. The Balaban J connectivity index is 1.93. The van der Waals surface area contributed by atoms with Crippen molar-refractivity contribution >= 4 is 22.7 Å². The number of carbonyl (C=O) groups is 2. The molecule has 4 heteroatoms. The van der Waals surface area contributed by atoms with E-state index < -0.39 is 5.97 Å². The molecule has 0 aliphatic heterocycles. The van der Waals surface area contributed by atoms with Crippen LogP contribution in [0.15, 0.2) is 41.0 Å². The Hall–Kier alpha value is -2.36. The molecule has 110 valence electrons. The summed E-state index contributed by atoms with van der Waals surface area (Å²) in [6.07, 6.45) is 5.91. The van der Waals surface area contributed by atoms with Crippen LogP contribution in [0.25, 0.3) is 11.0 Å². The number of benzene rings is 1. The Morgan fingerprint density at radius 1 is 1.33 bits per heavy atom. The number of methoxy groups -OCH3 is 1. The molecule has 0 radical (unpaired) electrons. The normalized spacial score (nSPS) is 11.1. The summed E-state index contributed by atoms with van der Waals surface area (Å²) in [6.45, 7) is 2.00. The minimum atomic E-state index is -0.404. The monoisotopic (exact) mass is 286 g/mol. The van der Waals surface area contributed by atoms with Gasteiger partial charge in [0.1, 0.15) is 11.4 Å². The molecule has 0 aliphatic rings. The van der Waals surface area contributed by atoms with Crippen molar-refractivity contribution in [2.24, 2.45) is 0 Å². The van der Waals surface area contributed by atoms with Gasteiger partial charge in [0.15, 0.2) is 0 Å². The standard InChI is InChI=1S/C17H18O4/c1-12-7-8-15-13(11-21-16(15)9-12)10-14(18)5-3-4-6-17(19)20-2/h4,6-9,11H,3,5,10H2,1-2H3/b6-4+. The van der Waals surface area contributed by atoms with Crippen LogP contribution in [-0.2, 0) is 20.7 Å². The molecule has 0 spiro atoms. The maximum atomic E-state index is 11.9. The number of hydrogen-bond acceptors (Lipinski definition) is 4. The van der Waals surface area contributed by atoms with Crippen molar-refractivity contribution in [3.8, 4) is 0 Å². The highest BCUT2D eigenvalue weighted by atomic mass is 16.5. The van der Waals surface area contributed by atoms with Crippen LogP contribution in [-0.4, -0.2) is 18.9 Å². The highest BCUT2D eigenvalue weighted by Gasteiger charge is 2.10. The molecule has 0 aliphatic carbocycles. The van der Waals surface area contributed by atoms with Crippen molar-refractivity contribution in [2.45, 2.75) is 26.2 Å². The highest BCUT2D eigenvalue weighted by molar-refractivity contribution is 5.89. The lowest BCUT2D eigenvalue weighted by atomic mass is 10.0. The maximum Gasteiger partial charge on any atom is 0.330 e. The molecule has 2 rings (SSSR count). The molecule has 0 fully saturated rings. The SMILES string of the molecule is COC(=O)/C=C/CCC(=O)Cc1coc2cc(C)ccc12. The quantitative estimate of drug-likeness (QED) is 0.603. The summed E-state index contributed by atoms with van der Waals surface area (Å²) >= 11 is 0.